The Bertz CT molecular complexity index is 1170. The largest absolute Gasteiger partial charge is 0.497 e. The number of sulfonamides is 1. The van der Waals surface area contributed by atoms with E-state index in [0.717, 1.165) is 37.2 Å². The summed E-state index contributed by atoms with van der Waals surface area (Å²) < 4.78 is 32.8. The molecule has 0 saturated carbocycles. The number of methoxy groups -OCH3 is 1. The van der Waals surface area contributed by atoms with Crippen molar-refractivity contribution in [3.05, 3.63) is 59.7 Å². The molecule has 0 spiro atoms. The van der Waals surface area contributed by atoms with Crippen LogP contribution in [0.1, 0.15) is 50.3 Å². The van der Waals surface area contributed by atoms with E-state index < -0.39 is 16.1 Å². The molecule has 4 rings (SSSR count). The second kappa shape index (κ2) is 10.8. The number of carbonyl (C=O) groups excluding carboxylic acids is 1. The highest BCUT2D eigenvalue weighted by Crippen LogP contribution is 2.27. The van der Waals surface area contributed by atoms with Crippen LogP contribution in [-0.4, -0.2) is 57.8 Å². The number of piperidine rings is 1. The molecule has 2 N–H and O–H groups in total. The standard InChI is InChI=1S/C26H34N4O4S/c1-18(2)24(28-25-21-9-5-6-10-23(21)35(32,33)29-25)26(31)27-17-22(30-15-7-4-8-16-30)19-11-13-20(34-3)14-12-19/h5-6,9-14,18,22,24H,4,7-8,15-17H2,1-3H3,(H,27,31)(H,28,29)/t22?,24-/m0/s1. The first-order valence-electron chi connectivity index (χ1n) is 12.2. The predicted octanol–water partition coefficient (Wildman–Crippen LogP) is 3.10. The third-order valence-corrected chi connectivity index (χ3v) is 8.03. The SMILES string of the molecule is COc1ccc(C(CNC(=O)[C@@H](N=C2NS(=O)(=O)c3ccccc32)C(C)C)N2CCCCC2)cc1. The van der Waals surface area contributed by atoms with Crippen LogP contribution < -0.4 is 14.8 Å². The summed E-state index contributed by atoms with van der Waals surface area (Å²) in [4.78, 5) is 20.5. The second-order valence-electron chi connectivity index (χ2n) is 9.40. The van der Waals surface area contributed by atoms with Gasteiger partial charge in [-0.1, -0.05) is 44.5 Å². The van der Waals surface area contributed by atoms with Gasteiger partial charge in [0.05, 0.1) is 18.0 Å². The molecule has 0 aliphatic carbocycles. The number of amides is 1. The maximum atomic E-state index is 13.3. The molecule has 188 valence electrons. The lowest BCUT2D eigenvalue weighted by atomic mass is 10.00. The van der Waals surface area contributed by atoms with Crippen LogP contribution in [0.2, 0.25) is 0 Å². The number of hydrogen-bond donors (Lipinski definition) is 2. The van der Waals surface area contributed by atoms with Crippen molar-refractivity contribution >= 4 is 21.8 Å². The molecule has 35 heavy (non-hydrogen) atoms. The molecule has 9 heteroatoms. The van der Waals surface area contributed by atoms with Crippen molar-refractivity contribution in [2.24, 2.45) is 10.9 Å². The highest BCUT2D eigenvalue weighted by molar-refractivity contribution is 7.90. The third kappa shape index (κ3) is 5.67. The van der Waals surface area contributed by atoms with Crippen LogP contribution in [0.25, 0.3) is 0 Å². The molecular weight excluding hydrogens is 464 g/mol. The molecule has 2 aliphatic rings. The number of nitrogens with one attached hydrogen (secondary N) is 2. The maximum absolute atomic E-state index is 13.3. The Morgan fingerprint density at radius 1 is 1.09 bits per heavy atom. The number of amidine groups is 1. The van der Waals surface area contributed by atoms with E-state index in [1.165, 1.54) is 6.42 Å². The van der Waals surface area contributed by atoms with E-state index in [0.29, 0.717) is 12.1 Å². The molecule has 2 aromatic carbocycles. The van der Waals surface area contributed by atoms with Gasteiger partial charge in [0.15, 0.2) is 0 Å². The van der Waals surface area contributed by atoms with Crippen LogP contribution in [0.5, 0.6) is 5.75 Å². The molecule has 8 nitrogen and oxygen atoms in total. The van der Waals surface area contributed by atoms with E-state index >= 15 is 0 Å². The summed E-state index contributed by atoms with van der Waals surface area (Å²) in [5.41, 5.74) is 1.62. The summed E-state index contributed by atoms with van der Waals surface area (Å²) in [7, 11) is -2.02. The molecule has 0 aromatic heterocycles. The van der Waals surface area contributed by atoms with E-state index in [-0.39, 0.29) is 28.6 Å². The number of likely N-dealkylation sites (tertiary alicyclic amines) is 1. The number of benzene rings is 2. The van der Waals surface area contributed by atoms with Crippen LogP contribution in [-0.2, 0) is 14.8 Å². The summed E-state index contributed by atoms with van der Waals surface area (Å²) in [6, 6.07) is 14.0. The van der Waals surface area contributed by atoms with Crippen molar-refractivity contribution in [2.75, 3.05) is 26.7 Å². The number of aliphatic imine (C=N–C) groups is 1. The average molecular weight is 499 g/mol. The summed E-state index contributed by atoms with van der Waals surface area (Å²) in [6.07, 6.45) is 3.51. The van der Waals surface area contributed by atoms with Gasteiger partial charge in [-0.2, -0.15) is 0 Å². The third-order valence-electron chi connectivity index (χ3n) is 6.63. The first kappa shape index (κ1) is 25.2. The lowest BCUT2D eigenvalue weighted by Crippen LogP contribution is -2.44. The van der Waals surface area contributed by atoms with Gasteiger partial charge < -0.3 is 10.1 Å². The summed E-state index contributed by atoms with van der Waals surface area (Å²) in [5, 5.41) is 3.11. The Balaban J connectivity index is 1.54. The molecule has 0 bridgehead atoms. The number of fused-ring (bicyclic) bond motifs is 1. The van der Waals surface area contributed by atoms with E-state index in [9.17, 15) is 13.2 Å². The molecule has 1 amide bonds. The molecular formula is C26H34N4O4S. The van der Waals surface area contributed by atoms with Crippen LogP contribution in [0.3, 0.4) is 0 Å². The van der Waals surface area contributed by atoms with Crippen molar-refractivity contribution in [1.82, 2.24) is 14.9 Å². The van der Waals surface area contributed by atoms with Crippen molar-refractivity contribution in [2.45, 2.75) is 50.1 Å². The highest BCUT2D eigenvalue weighted by atomic mass is 32.2. The zero-order chi connectivity index (χ0) is 25.0. The summed E-state index contributed by atoms with van der Waals surface area (Å²) in [5.74, 6) is 0.683. The number of rotatable bonds is 8. The molecule has 0 radical (unpaired) electrons. The fourth-order valence-corrected chi connectivity index (χ4v) is 5.93. The topological polar surface area (TPSA) is 100 Å². The number of nitrogens with zero attached hydrogens (tertiary/aromatic N) is 2. The molecule has 1 saturated heterocycles. The van der Waals surface area contributed by atoms with Gasteiger partial charge in [-0.3, -0.25) is 19.4 Å². The normalized spacial score (nSPS) is 20.2. The first-order valence-corrected chi connectivity index (χ1v) is 13.6. The Kier molecular flexibility index (Phi) is 7.76. The number of hydrogen-bond acceptors (Lipinski definition) is 6. The predicted molar refractivity (Wildman–Crippen MR) is 136 cm³/mol. The van der Waals surface area contributed by atoms with Gasteiger partial charge in [-0.15, -0.1) is 0 Å². The first-order chi connectivity index (χ1) is 16.8. The van der Waals surface area contributed by atoms with E-state index in [4.69, 9.17) is 4.74 Å². The number of carbonyl (C=O) groups is 1. The fourth-order valence-electron chi connectivity index (χ4n) is 4.69. The molecule has 2 aromatic rings. The molecule has 2 heterocycles. The van der Waals surface area contributed by atoms with Crippen molar-refractivity contribution < 1.29 is 17.9 Å². The van der Waals surface area contributed by atoms with E-state index in [2.05, 4.69) is 32.1 Å². The summed E-state index contributed by atoms with van der Waals surface area (Å²) >= 11 is 0. The Hall–Kier alpha value is -2.91. The maximum Gasteiger partial charge on any atom is 0.263 e. The van der Waals surface area contributed by atoms with Gasteiger partial charge >= 0.3 is 0 Å². The van der Waals surface area contributed by atoms with E-state index in [1.54, 1.807) is 31.4 Å². The molecule has 1 unspecified atom stereocenters. The summed E-state index contributed by atoms with van der Waals surface area (Å²) in [6.45, 7) is 6.24. The van der Waals surface area contributed by atoms with Gasteiger partial charge in [0.2, 0.25) is 5.91 Å². The minimum absolute atomic E-state index is 0.0383. The van der Waals surface area contributed by atoms with Gasteiger partial charge in [-0.05, 0) is 61.7 Å². The van der Waals surface area contributed by atoms with Crippen molar-refractivity contribution in [1.29, 1.82) is 0 Å². The van der Waals surface area contributed by atoms with Crippen LogP contribution in [0.15, 0.2) is 58.4 Å². The van der Waals surface area contributed by atoms with Crippen molar-refractivity contribution in [3.63, 3.8) is 0 Å². The molecule has 2 aliphatic heterocycles. The molecule has 2 atom stereocenters. The lowest BCUT2D eigenvalue weighted by Gasteiger charge is -2.35. The smallest absolute Gasteiger partial charge is 0.263 e. The monoisotopic (exact) mass is 498 g/mol. The Morgan fingerprint density at radius 3 is 2.43 bits per heavy atom. The Labute approximate surface area is 207 Å². The van der Waals surface area contributed by atoms with Gasteiger partial charge in [-0.25, -0.2) is 8.42 Å². The van der Waals surface area contributed by atoms with Crippen molar-refractivity contribution in [3.8, 4) is 5.75 Å². The zero-order valence-electron chi connectivity index (χ0n) is 20.5. The fraction of sp³-hybridized carbons (Fsp3) is 0.462. The number of ether oxygens (including phenoxy) is 1. The van der Waals surface area contributed by atoms with Crippen LogP contribution in [0.4, 0.5) is 0 Å². The average Bonchev–Trinajstić information content (AvgIpc) is 3.13. The van der Waals surface area contributed by atoms with Crippen LogP contribution in [0, 0.1) is 5.92 Å². The minimum atomic E-state index is -3.66. The van der Waals surface area contributed by atoms with Crippen LogP contribution >= 0.6 is 0 Å². The lowest BCUT2D eigenvalue weighted by molar-refractivity contribution is -0.123. The van der Waals surface area contributed by atoms with E-state index in [1.807, 2.05) is 26.0 Å². The molecule has 1 fully saturated rings. The zero-order valence-corrected chi connectivity index (χ0v) is 21.3. The second-order valence-corrected chi connectivity index (χ2v) is 11.0. The highest BCUT2D eigenvalue weighted by Gasteiger charge is 2.33. The van der Waals surface area contributed by atoms with Gasteiger partial charge in [0, 0.05) is 12.1 Å². The Morgan fingerprint density at radius 2 is 1.77 bits per heavy atom. The quantitative estimate of drug-likeness (QED) is 0.583. The van der Waals surface area contributed by atoms with Gasteiger partial charge in [0.1, 0.15) is 17.6 Å². The minimum Gasteiger partial charge on any atom is -0.497 e. The van der Waals surface area contributed by atoms with Gasteiger partial charge in [0.25, 0.3) is 10.0 Å².